The van der Waals surface area contributed by atoms with Crippen molar-refractivity contribution in [2.75, 3.05) is 44.2 Å². The maximum absolute atomic E-state index is 13.5. The lowest BCUT2D eigenvalue weighted by atomic mass is 9.78. The van der Waals surface area contributed by atoms with E-state index in [-0.39, 0.29) is 29.6 Å². The molecule has 8 heteroatoms. The Morgan fingerprint density at radius 1 is 0.833 bits per heavy atom. The molecule has 2 N–H and O–H groups in total. The zero-order valence-electron chi connectivity index (χ0n) is 27.3. The van der Waals surface area contributed by atoms with Gasteiger partial charge in [-0.2, -0.15) is 0 Å². The molecule has 4 fully saturated rings. The van der Waals surface area contributed by atoms with Gasteiger partial charge in [-0.1, -0.05) is 78.9 Å². The summed E-state index contributed by atoms with van der Waals surface area (Å²) in [5.74, 6) is -0.614. The van der Waals surface area contributed by atoms with Gasteiger partial charge in [0.1, 0.15) is 12.4 Å². The van der Waals surface area contributed by atoms with E-state index in [0.29, 0.717) is 31.4 Å². The van der Waals surface area contributed by atoms with Crippen molar-refractivity contribution < 1.29 is 23.6 Å². The number of carbonyl (C=O) groups excluding carboxylic acids is 2. The third-order valence-electron chi connectivity index (χ3n) is 10.6. The molecular formula is C40H44FN4O3+. The van der Waals surface area contributed by atoms with E-state index in [1.54, 1.807) is 12.1 Å². The summed E-state index contributed by atoms with van der Waals surface area (Å²) < 4.78 is 14.5. The lowest BCUT2D eigenvalue weighted by molar-refractivity contribution is -0.953. The number of rotatable bonds is 12. The molecule has 248 valence electrons. The summed E-state index contributed by atoms with van der Waals surface area (Å²) in [6.45, 7) is 8.81. The molecule has 4 aliphatic rings. The average molecular weight is 648 g/mol. The lowest BCUT2D eigenvalue weighted by Gasteiger charge is -2.50. The number of hydrogen-bond acceptors (Lipinski definition) is 4. The Bertz CT molecular complexity index is 1690. The van der Waals surface area contributed by atoms with Crippen LogP contribution in [-0.4, -0.2) is 65.6 Å². The normalized spacial score (nSPS) is 23.8. The molecule has 0 saturated carbocycles. The van der Waals surface area contributed by atoms with Crippen LogP contribution >= 0.6 is 0 Å². The Labute approximate surface area is 282 Å². The minimum absolute atomic E-state index is 0.0185. The van der Waals surface area contributed by atoms with Crippen molar-refractivity contribution >= 4 is 17.5 Å². The van der Waals surface area contributed by atoms with Gasteiger partial charge in [-0.15, -0.1) is 0 Å². The molecule has 0 aromatic heterocycles. The highest BCUT2D eigenvalue weighted by Gasteiger charge is 2.48. The van der Waals surface area contributed by atoms with Crippen molar-refractivity contribution in [3.8, 4) is 0 Å². The van der Waals surface area contributed by atoms with Crippen molar-refractivity contribution in [1.29, 1.82) is 0 Å². The van der Waals surface area contributed by atoms with Gasteiger partial charge in [-0.3, -0.25) is 14.5 Å². The predicted octanol–water partition coefficient (Wildman–Crippen LogP) is 5.55. The summed E-state index contributed by atoms with van der Waals surface area (Å²) in [6, 6.07) is 32.0. The van der Waals surface area contributed by atoms with E-state index in [4.69, 9.17) is 0 Å². The van der Waals surface area contributed by atoms with Crippen LogP contribution < -0.4 is 10.2 Å². The molecular weight excluding hydrogens is 603 g/mol. The van der Waals surface area contributed by atoms with Crippen LogP contribution in [0.3, 0.4) is 0 Å². The second-order valence-corrected chi connectivity index (χ2v) is 13.8. The van der Waals surface area contributed by atoms with Crippen LogP contribution in [0.15, 0.2) is 103 Å². The number of nitrogens with zero attached hydrogens (tertiary/aromatic N) is 3. The summed E-state index contributed by atoms with van der Waals surface area (Å²) in [6.07, 6.45) is 0.489. The molecule has 2 amide bonds. The first kappa shape index (κ1) is 32.2. The quantitative estimate of drug-likeness (QED) is 0.156. The molecule has 4 aromatic rings. The maximum Gasteiger partial charge on any atom is 0.233 e. The van der Waals surface area contributed by atoms with Gasteiger partial charge in [0.05, 0.1) is 44.1 Å². The van der Waals surface area contributed by atoms with Crippen molar-refractivity contribution in [2.24, 2.45) is 5.92 Å². The molecule has 4 aromatic carbocycles. The van der Waals surface area contributed by atoms with Crippen LogP contribution in [0.4, 0.5) is 10.1 Å². The number of halogens is 1. The molecule has 48 heavy (non-hydrogen) atoms. The number of benzene rings is 4. The van der Waals surface area contributed by atoms with E-state index in [1.165, 1.54) is 61.4 Å². The first-order chi connectivity index (χ1) is 23.4. The Hall–Kier alpha value is -4.37. The fourth-order valence-electron chi connectivity index (χ4n) is 7.68. The monoisotopic (exact) mass is 647 g/mol. The van der Waals surface area contributed by atoms with E-state index in [9.17, 15) is 19.1 Å². The smallest absolute Gasteiger partial charge is 0.233 e. The third-order valence-corrected chi connectivity index (χ3v) is 10.6. The highest BCUT2D eigenvalue weighted by Crippen LogP contribution is 2.46. The van der Waals surface area contributed by atoms with Crippen LogP contribution in [-0.2, 0) is 29.1 Å². The molecule has 7 nitrogen and oxygen atoms in total. The largest absolute Gasteiger partial charge is 0.388 e. The number of hydrogen-bond donors (Lipinski definition) is 2. The van der Waals surface area contributed by atoms with E-state index >= 15 is 0 Å². The van der Waals surface area contributed by atoms with Gasteiger partial charge in [-0.25, -0.2) is 4.39 Å². The second kappa shape index (κ2) is 14.0. The SMILES string of the molecule is O=C(Cc1ccc(C[N+]23CCN(CC2)CC3)cc1)NCc1ccc(N2C(=O)C(CCC(O)c3ccc(F)cc3)C2c2ccccc2)cc1. The van der Waals surface area contributed by atoms with Gasteiger partial charge in [-0.05, 0) is 59.4 Å². The van der Waals surface area contributed by atoms with Gasteiger partial charge in [0, 0.05) is 37.4 Å². The number of aliphatic hydroxyl groups is 1. The summed E-state index contributed by atoms with van der Waals surface area (Å²) in [5, 5.41) is 13.8. The van der Waals surface area contributed by atoms with E-state index in [0.717, 1.165) is 28.9 Å². The van der Waals surface area contributed by atoms with Crippen molar-refractivity contribution in [1.82, 2.24) is 10.2 Å². The number of amides is 2. The van der Waals surface area contributed by atoms with Crippen LogP contribution in [0.1, 0.15) is 52.8 Å². The van der Waals surface area contributed by atoms with Gasteiger partial charge < -0.3 is 19.8 Å². The lowest BCUT2D eigenvalue weighted by Crippen LogP contribution is -2.66. The van der Waals surface area contributed by atoms with Gasteiger partial charge in [0.15, 0.2) is 0 Å². The first-order valence-electron chi connectivity index (χ1n) is 17.2. The summed E-state index contributed by atoms with van der Waals surface area (Å²) in [5.41, 5.74) is 5.81. The van der Waals surface area contributed by atoms with Crippen molar-refractivity contribution in [2.45, 2.75) is 44.5 Å². The van der Waals surface area contributed by atoms with Crippen LogP contribution in [0.25, 0.3) is 0 Å². The molecule has 0 aliphatic carbocycles. The third kappa shape index (κ3) is 7.06. The summed E-state index contributed by atoms with van der Waals surface area (Å²) in [7, 11) is 0. The maximum atomic E-state index is 13.5. The average Bonchev–Trinajstić information content (AvgIpc) is 3.12. The number of quaternary nitrogens is 1. The Morgan fingerprint density at radius 2 is 1.46 bits per heavy atom. The number of piperazine rings is 3. The molecule has 4 saturated heterocycles. The number of β-lactam (4-membered cyclic amide) rings is 1. The Morgan fingerprint density at radius 3 is 2.12 bits per heavy atom. The Kier molecular flexibility index (Phi) is 9.39. The number of nitrogens with one attached hydrogen (secondary N) is 1. The second-order valence-electron chi connectivity index (χ2n) is 13.8. The van der Waals surface area contributed by atoms with Gasteiger partial charge in [0.2, 0.25) is 11.8 Å². The first-order valence-corrected chi connectivity index (χ1v) is 17.2. The molecule has 0 spiro atoms. The molecule has 3 atom stereocenters. The number of aliphatic hydroxyl groups excluding tert-OH is 1. The molecule has 4 heterocycles. The minimum atomic E-state index is -0.767. The van der Waals surface area contributed by atoms with Gasteiger partial charge in [0.25, 0.3) is 0 Å². The van der Waals surface area contributed by atoms with Crippen molar-refractivity contribution in [3.05, 3.63) is 137 Å². The molecule has 4 aliphatic heterocycles. The zero-order valence-corrected chi connectivity index (χ0v) is 27.3. The van der Waals surface area contributed by atoms with E-state index < -0.39 is 6.10 Å². The predicted molar refractivity (Wildman–Crippen MR) is 184 cm³/mol. The van der Waals surface area contributed by atoms with E-state index in [2.05, 4.69) is 34.5 Å². The fourth-order valence-corrected chi connectivity index (χ4v) is 7.68. The van der Waals surface area contributed by atoms with Crippen LogP contribution in [0.5, 0.6) is 0 Å². The zero-order chi connectivity index (χ0) is 33.1. The fraction of sp³-hybridized carbons (Fsp3) is 0.350. The highest BCUT2D eigenvalue weighted by atomic mass is 19.1. The van der Waals surface area contributed by atoms with Crippen LogP contribution in [0, 0.1) is 11.7 Å². The van der Waals surface area contributed by atoms with Crippen molar-refractivity contribution in [3.63, 3.8) is 0 Å². The molecule has 8 rings (SSSR count). The summed E-state index contributed by atoms with van der Waals surface area (Å²) >= 11 is 0. The van der Waals surface area contributed by atoms with Crippen LogP contribution in [0.2, 0.25) is 0 Å². The molecule has 2 bridgehead atoms. The minimum Gasteiger partial charge on any atom is -0.388 e. The highest BCUT2D eigenvalue weighted by molar-refractivity contribution is 6.03. The topological polar surface area (TPSA) is 72.9 Å². The molecule has 0 radical (unpaired) electrons. The Balaban J connectivity index is 0.929. The molecule has 3 unspecified atom stereocenters. The summed E-state index contributed by atoms with van der Waals surface area (Å²) in [4.78, 5) is 30.7. The standard InChI is InChI=1S/C40H43FN4O3/c41-34-14-12-32(13-15-34)37(46)19-18-36-39(33-4-2-1-3-5-33)44(40(36)48)35-16-10-30(11-17-35)27-42-38(47)26-29-6-8-31(9-7-29)28-45-23-20-43(21-24-45)22-25-45/h1-17,36-37,39,46H,18-28H2/p+1. The van der Waals surface area contributed by atoms with E-state index in [1.807, 2.05) is 59.5 Å². The number of carbonyl (C=O) groups is 2. The number of fused-ring (bicyclic) bond motifs is 3. The van der Waals surface area contributed by atoms with Gasteiger partial charge >= 0.3 is 0 Å². The number of anilines is 1.